The second-order valence-corrected chi connectivity index (χ2v) is 10.2. The molecule has 1 N–H and O–H groups in total. The van der Waals surface area contributed by atoms with E-state index in [0.717, 1.165) is 16.4 Å². The number of ether oxygens (including phenoxy) is 1. The minimum atomic E-state index is -3.64. The molecule has 2 heterocycles. The third-order valence-corrected chi connectivity index (χ3v) is 7.99. The van der Waals surface area contributed by atoms with Crippen molar-refractivity contribution in [2.24, 2.45) is 0 Å². The molecule has 1 aliphatic rings. The van der Waals surface area contributed by atoms with Gasteiger partial charge >= 0.3 is 5.97 Å². The average molecular weight is 474 g/mol. The van der Waals surface area contributed by atoms with Crippen LogP contribution >= 0.6 is 11.3 Å². The molecule has 1 saturated heterocycles. The predicted octanol–water partition coefficient (Wildman–Crippen LogP) is 3.09. The molecule has 0 atom stereocenters. The Balaban J connectivity index is 1.39. The lowest BCUT2D eigenvalue weighted by atomic mass is 10.1. The predicted molar refractivity (Wildman–Crippen MR) is 123 cm³/mol. The summed E-state index contributed by atoms with van der Waals surface area (Å²) in [5, 5.41) is 11.6. The van der Waals surface area contributed by atoms with Crippen molar-refractivity contribution in [1.29, 1.82) is 0 Å². The largest absolute Gasteiger partial charge is 0.482 e. The molecule has 0 saturated carbocycles. The van der Waals surface area contributed by atoms with Gasteiger partial charge in [0.05, 0.1) is 10.6 Å². The standard InChI is InChI=1S/C22H23N3O5S2/c1-16-2-4-17(5-3-16)20-15-31-22(23-20)24-10-12-25(13-11-24)32(28,29)19-8-6-18(7-9-19)30-14-21(26)27/h2-9,15H,10-14H2,1H3,(H,26,27). The van der Waals surface area contributed by atoms with E-state index in [1.807, 2.05) is 12.3 Å². The van der Waals surface area contributed by atoms with Crippen LogP contribution in [0, 0.1) is 6.92 Å². The quantitative estimate of drug-likeness (QED) is 0.563. The maximum atomic E-state index is 13.0. The average Bonchev–Trinajstić information content (AvgIpc) is 3.29. The van der Waals surface area contributed by atoms with Gasteiger partial charge in [0.15, 0.2) is 11.7 Å². The van der Waals surface area contributed by atoms with Crippen molar-refractivity contribution in [3.05, 3.63) is 59.5 Å². The zero-order chi connectivity index (χ0) is 22.7. The third-order valence-electron chi connectivity index (χ3n) is 5.17. The van der Waals surface area contributed by atoms with Crippen molar-refractivity contribution in [1.82, 2.24) is 9.29 Å². The van der Waals surface area contributed by atoms with Crippen LogP contribution in [-0.4, -0.2) is 61.6 Å². The number of rotatable bonds is 7. The van der Waals surface area contributed by atoms with Crippen molar-refractivity contribution in [3.8, 4) is 17.0 Å². The molecule has 0 aliphatic carbocycles. The summed E-state index contributed by atoms with van der Waals surface area (Å²) in [5.74, 6) is -0.782. The van der Waals surface area contributed by atoms with Crippen LogP contribution in [0.1, 0.15) is 5.56 Å². The molecule has 1 aromatic heterocycles. The summed E-state index contributed by atoms with van der Waals surface area (Å²) in [5.41, 5.74) is 3.18. The molecule has 0 amide bonds. The Labute approximate surface area is 190 Å². The minimum Gasteiger partial charge on any atom is -0.482 e. The van der Waals surface area contributed by atoms with Crippen LogP contribution in [0.15, 0.2) is 58.8 Å². The van der Waals surface area contributed by atoms with Crippen molar-refractivity contribution < 1.29 is 23.1 Å². The molecule has 2 aromatic carbocycles. The van der Waals surface area contributed by atoms with E-state index >= 15 is 0 Å². The van der Waals surface area contributed by atoms with Crippen LogP contribution in [0.4, 0.5) is 5.13 Å². The van der Waals surface area contributed by atoms with Gasteiger partial charge in [0.1, 0.15) is 5.75 Å². The molecule has 3 aromatic rings. The van der Waals surface area contributed by atoms with E-state index in [4.69, 9.17) is 14.8 Å². The Hall–Kier alpha value is -2.95. The van der Waals surface area contributed by atoms with E-state index in [0.29, 0.717) is 31.9 Å². The smallest absolute Gasteiger partial charge is 0.341 e. The number of piperazine rings is 1. The van der Waals surface area contributed by atoms with E-state index in [1.165, 1.54) is 34.1 Å². The fourth-order valence-electron chi connectivity index (χ4n) is 3.39. The van der Waals surface area contributed by atoms with Gasteiger partial charge in [-0.15, -0.1) is 11.3 Å². The number of aryl methyl sites for hydroxylation is 1. The topological polar surface area (TPSA) is 100 Å². The number of nitrogens with zero attached hydrogens (tertiary/aromatic N) is 3. The maximum absolute atomic E-state index is 13.0. The Kier molecular flexibility index (Phi) is 6.45. The number of benzene rings is 2. The normalized spacial score (nSPS) is 15.0. The lowest BCUT2D eigenvalue weighted by Crippen LogP contribution is -2.48. The SMILES string of the molecule is Cc1ccc(-c2csc(N3CCN(S(=O)(=O)c4ccc(OCC(=O)O)cc4)CC3)n2)cc1. The van der Waals surface area contributed by atoms with Gasteiger partial charge in [-0.1, -0.05) is 29.8 Å². The Bertz CT molecular complexity index is 1180. The number of carbonyl (C=O) groups is 1. The van der Waals surface area contributed by atoms with Gasteiger partial charge in [0.2, 0.25) is 10.0 Å². The Morgan fingerprint density at radius 2 is 1.72 bits per heavy atom. The number of carboxylic acids is 1. The zero-order valence-electron chi connectivity index (χ0n) is 17.5. The fourth-order valence-corrected chi connectivity index (χ4v) is 5.70. The van der Waals surface area contributed by atoms with Crippen molar-refractivity contribution in [3.63, 3.8) is 0 Å². The summed E-state index contributed by atoms with van der Waals surface area (Å²) in [6, 6.07) is 14.0. The summed E-state index contributed by atoms with van der Waals surface area (Å²) in [7, 11) is -3.64. The highest BCUT2D eigenvalue weighted by atomic mass is 32.2. The molecule has 0 radical (unpaired) electrons. The van der Waals surface area contributed by atoms with Gasteiger partial charge in [-0.05, 0) is 31.2 Å². The van der Waals surface area contributed by atoms with Crippen LogP contribution in [0.3, 0.4) is 0 Å². The first-order chi connectivity index (χ1) is 15.3. The van der Waals surface area contributed by atoms with E-state index < -0.39 is 22.6 Å². The van der Waals surface area contributed by atoms with Crippen LogP contribution in [0.2, 0.25) is 0 Å². The summed E-state index contributed by atoms with van der Waals surface area (Å²) >= 11 is 1.56. The van der Waals surface area contributed by atoms with Crippen molar-refractivity contribution in [2.75, 3.05) is 37.7 Å². The van der Waals surface area contributed by atoms with Gasteiger partial charge in [-0.2, -0.15) is 4.31 Å². The van der Waals surface area contributed by atoms with Gasteiger partial charge in [0, 0.05) is 37.1 Å². The first-order valence-corrected chi connectivity index (χ1v) is 12.4. The van der Waals surface area contributed by atoms with Crippen molar-refractivity contribution in [2.45, 2.75) is 11.8 Å². The molecular weight excluding hydrogens is 450 g/mol. The first-order valence-electron chi connectivity index (χ1n) is 10.1. The number of hydrogen-bond donors (Lipinski definition) is 1. The van der Waals surface area contributed by atoms with E-state index in [2.05, 4.69) is 29.2 Å². The lowest BCUT2D eigenvalue weighted by molar-refractivity contribution is -0.139. The van der Waals surface area contributed by atoms with Crippen LogP contribution in [0.25, 0.3) is 11.3 Å². The van der Waals surface area contributed by atoms with Crippen LogP contribution in [-0.2, 0) is 14.8 Å². The molecule has 0 unspecified atom stereocenters. The minimum absolute atomic E-state index is 0.157. The van der Waals surface area contributed by atoms with Gasteiger partial charge in [0.25, 0.3) is 0 Å². The summed E-state index contributed by atoms with van der Waals surface area (Å²) in [6.07, 6.45) is 0. The number of anilines is 1. The maximum Gasteiger partial charge on any atom is 0.341 e. The molecule has 0 bridgehead atoms. The van der Waals surface area contributed by atoms with Gasteiger partial charge in [-0.3, -0.25) is 0 Å². The van der Waals surface area contributed by atoms with Crippen LogP contribution in [0.5, 0.6) is 5.75 Å². The second-order valence-electron chi connectivity index (χ2n) is 7.43. The number of hydrogen-bond acceptors (Lipinski definition) is 7. The number of aromatic nitrogens is 1. The lowest BCUT2D eigenvalue weighted by Gasteiger charge is -2.33. The van der Waals surface area contributed by atoms with E-state index in [1.54, 1.807) is 11.3 Å². The molecule has 8 nitrogen and oxygen atoms in total. The van der Waals surface area contributed by atoms with Gasteiger partial charge < -0.3 is 14.7 Å². The highest BCUT2D eigenvalue weighted by molar-refractivity contribution is 7.89. The molecule has 0 spiro atoms. The molecule has 1 fully saturated rings. The highest BCUT2D eigenvalue weighted by Gasteiger charge is 2.29. The molecule has 168 valence electrons. The summed E-state index contributed by atoms with van der Waals surface area (Å²) in [6.45, 7) is 3.40. The third kappa shape index (κ3) is 4.93. The molecule has 1 aliphatic heterocycles. The number of carboxylic acid groups (broad SMARTS) is 1. The van der Waals surface area contributed by atoms with E-state index in [9.17, 15) is 13.2 Å². The highest BCUT2D eigenvalue weighted by Crippen LogP contribution is 2.29. The van der Waals surface area contributed by atoms with E-state index in [-0.39, 0.29) is 4.90 Å². The molecule has 32 heavy (non-hydrogen) atoms. The number of aliphatic carboxylic acids is 1. The Morgan fingerprint density at radius 1 is 1.06 bits per heavy atom. The summed E-state index contributed by atoms with van der Waals surface area (Å²) in [4.78, 5) is 17.6. The zero-order valence-corrected chi connectivity index (χ0v) is 19.1. The molecule has 10 heteroatoms. The van der Waals surface area contributed by atoms with Crippen LogP contribution < -0.4 is 9.64 Å². The Morgan fingerprint density at radius 3 is 2.34 bits per heavy atom. The second kappa shape index (κ2) is 9.27. The van der Waals surface area contributed by atoms with Crippen molar-refractivity contribution >= 4 is 32.5 Å². The fraction of sp³-hybridized carbons (Fsp3) is 0.273. The first kappa shape index (κ1) is 22.3. The molecule has 4 rings (SSSR count). The number of thiazole rings is 1. The number of sulfonamides is 1. The van der Waals surface area contributed by atoms with Gasteiger partial charge in [-0.25, -0.2) is 18.2 Å². The molecular formula is C22H23N3O5S2. The monoisotopic (exact) mass is 473 g/mol. The summed E-state index contributed by atoms with van der Waals surface area (Å²) < 4.78 is 32.5.